The van der Waals surface area contributed by atoms with Gasteiger partial charge in [0.25, 0.3) is 5.91 Å². The van der Waals surface area contributed by atoms with E-state index in [1.807, 2.05) is 6.92 Å². The normalized spacial score (nSPS) is 10.5. The zero-order valence-electron chi connectivity index (χ0n) is 9.90. The molecule has 6 heteroatoms. The van der Waals surface area contributed by atoms with E-state index in [9.17, 15) is 4.79 Å². The highest BCUT2D eigenvalue weighted by Gasteiger charge is 2.19. The Morgan fingerprint density at radius 2 is 2.12 bits per heavy atom. The summed E-state index contributed by atoms with van der Waals surface area (Å²) in [5, 5.41) is 10.2. The number of amides is 1. The van der Waals surface area contributed by atoms with E-state index in [1.54, 1.807) is 19.9 Å². The van der Waals surface area contributed by atoms with Crippen LogP contribution in [0.25, 0.3) is 0 Å². The average Bonchev–Trinajstić information content (AvgIpc) is 2.84. The van der Waals surface area contributed by atoms with Crippen molar-refractivity contribution < 1.29 is 13.8 Å². The fourth-order valence-corrected chi connectivity index (χ4v) is 1.55. The van der Waals surface area contributed by atoms with Crippen LogP contribution in [0, 0.1) is 13.8 Å². The van der Waals surface area contributed by atoms with Crippen molar-refractivity contribution in [2.24, 2.45) is 0 Å². The van der Waals surface area contributed by atoms with Crippen LogP contribution < -0.4 is 5.32 Å². The third-order valence-corrected chi connectivity index (χ3v) is 2.36. The number of hydrogen-bond donors (Lipinski definition) is 1. The number of anilines is 1. The highest BCUT2D eigenvalue weighted by atomic mass is 16.5. The van der Waals surface area contributed by atoms with Crippen LogP contribution in [0.15, 0.2) is 15.1 Å². The van der Waals surface area contributed by atoms with Gasteiger partial charge in [-0.15, -0.1) is 0 Å². The van der Waals surface area contributed by atoms with Crippen molar-refractivity contribution in [1.29, 1.82) is 0 Å². The maximum absolute atomic E-state index is 12.0. The molecular formula is C11H13N3O3. The van der Waals surface area contributed by atoms with Crippen molar-refractivity contribution >= 4 is 11.7 Å². The van der Waals surface area contributed by atoms with Crippen LogP contribution in [0.2, 0.25) is 0 Å². The number of carbonyl (C=O) groups excluding carboxylic acids is 1. The summed E-state index contributed by atoms with van der Waals surface area (Å²) in [6, 6.07) is 1.65. The number of hydrogen-bond acceptors (Lipinski definition) is 5. The third-order valence-electron chi connectivity index (χ3n) is 2.36. The zero-order valence-corrected chi connectivity index (χ0v) is 9.90. The second-order valence-corrected chi connectivity index (χ2v) is 3.69. The van der Waals surface area contributed by atoms with E-state index in [0.717, 1.165) is 0 Å². The molecule has 2 aromatic heterocycles. The SMILES string of the molecule is CCc1noc(C)c1C(=O)Nc1cc(C)on1. The predicted octanol–water partition coefficient (Wildman–Crippen LogP) is 2.09. The molecule has 0 aliphatic carbocycles. The second-order valence-electron chi connectivity index (χ2n) is 3.69. The maximum Gasteiger partial charge on any atom is 0.262 e. The Balaban J connectivity index is 2.22. The average molecular weight is 235 g/mol. The highest BCUT2D eigenvalue weighted by molar-refractivity contribution is 6.05. The summed E-state index contributed by atoms with van der Waals surface area (Å²) in [5.41, 5.74) is 1.10. The van der Waals surface area contributed by atoms with Crippen LogP contribution in [-0.2, 0) is 6.42 Å². The monoisotopic (exact) mass is 235 g/mol. The van der Waals surface area contributed by atoms with Crippen molar-refractivity contribution in [3.05, 3.63) is 28.8 Å². The molecule has 17 heavy (non-hydrogen) atoms. The van der Waals surface area contributed by atoms with Crippen LogP contribution in [0.1, 0.15) is 34.5 Å². The number of aromatic nitrogens is 2. The van der Waals surface area contributed by atoms with Crippen molar-refractivity contribution in [3.8, 4) is 0 Å². The molecule has 0 aromatic carbocycles. The number of aryl methyl sites for hydroxylation is 3. The standard InChI is InChI=1S/C11H13N3O3/c1-4-8-10(7(3)17-13-8)11(15)12-9-5-6(2)16-14-9/h5H,4H2,1-3H3,(H,12,14,15). The molecule has 0 fully saturated rings. The van der Waals surface area contributed by atoms with Gasteiger partial charge in [-0.1, -0.05) is 17.2 Å². The molecule has 0 aliphatic heterocycles. The van der Waals surface area contributed by atoms with E-state index in [2.05, 4.69) is 15.6 Å². The van der Waals surface area contributed by atoms with Crippen molar-refractivity contribution in [2.75, 3.05) is 5.32 Å². The van der Waals surface area contributed by atoms with E-state index in [4.69, 9.17) is 9.05 Å². The predicted molar refractivity (Wildman–Crippen MR) is 59.8 cm³/mol. The van der Waals surface area contributed by atoms with Crippen molar-refractivity contribution in [3.63, 3.8) is 0 Å². The lowest BCUT2D eigenvalue weighted by atomic mass is 10.1. The Labute approximate surface area is 98.0 Å². The van der Waals surface area contributed by atoms with Crippen LogP contribution in [0.3, 0.4) is 0 Å². The Morgan fingerprint density at radius 1 is 1.35 bits per heavy atom. The van der Waals surface area contributed by atoms with Gasteiger partial charge in [0, 0.05) is 6.07 Å². The number of nitrogens with one attached hydrogen (secondary N) is 1. The Hall–Kier alpha value is -2.11. The highest BCUT2D eigenvalue weighted by Crippen LogP contribution is 2.16. The van der Waals surface area contributed by atoms with Gasteiger partial charge in [0.1, 0.15) is 17.1 Å². The summed E-state index contributed by atoms with van der Waals surface area (Å²) in [4.78, 5) is 12.0. The van der Waals surface area contributed by atoms with Gasteiger partial charge >= 0.3 is 0 Å². The Morgan fingerprint density at radius 3 is 2.71 bits per heavy atom. The summed E-state index contributed by atoms with van der Waals surface area (Å²) in [5.74, 6) is 1.24. The van der Waals surface area contributed by atoms with Crippen molar-refractivity contribution in [2.45, 2.75) is 27.2 Å². The molecule has 0 unspecified atom stereocenters. The van der Waals surface area contributed by atoms with E-state index in [-0.39, 0.29) is 5.91 Å². The van der Waals surface area contributed by atoms with Gasteiger partial charge in [-0.3, -0.25) is 4.79 Å². The van der Waals surface area contributed by atoms with Gasteiger partial charge in [0.15, 0.2) is 5.82 Å². The zero-order chi connectivity index (χ0) is 12.4. The largest absolute Gasteiger partial charge is 0.361 e. The fourth-order valence-electron chi connectivity index (χ4n) is 1.55. The first-order chi connectivity index (χ1) is 8.11. The molecule has 0 saturated carbocycles. The van der Waals surface area contributed by atoms with Crippen LogP contribution in [0.5, 0.6) is 0 Å². The lowest BCUT2D eigenvalue weighted by Crippen LogP contribution is -2.14. The minimum Gasteiger partial charge on any atom is -0.361 e. The lowest BCUT2D eigenvalue weighted by Gasteiger charge is -2.00. The molecule has 0 spiro atoms. The molecule has 90 valence electrons. The number of rotatable bonds is 3. The molecule has 0 atom stereocenters. The Kier molecular flexibility index (Phi) is 2.95. The summed E-state index contributed by atoms with van der Waals surface area (Å²) >= 11 is 0. The summed E-state index contributed by atoms with van der Waals surface area (Å²) in [7, 11) is 0. The molecular weight excluding hydrogens is 222 g/mol. The molecule has 0 aliphatic rings. The summed E-state index contributed by atoms with van der Waals surface area (Å²) < 4.78 is 9.86. The molecule has 0 radical (unpaired) electrons. The topological polar surface area (TPSA) is 81.2 Å². The first-order valence-electron chi connectivity index (χ1n) is 5.31. The van der Waals surface area contributed by atoms with Gasteiger partial charge in [-0.2, -0.15) is 0 Å². The minimum atomic E-state index is -0.283. The van der Waals surface area contributed by atoms with Gasteiger partial charge in [0.2, 0.25) is 0 Å². The van der Waals surface area contributed by atoms with Gasteiger partial charge < -0.3 is 14.4 Å². The fraction of sp³-hybridized carbons (Fsp3) is 0.364. The maximum atomic E-state index is 12.0. The first kappa shape index (κ1) is 11.4. The molecule has 2 aromatic rings. The second kappa shape index (κ2) is 4.40. The third kappa shape index (κ3) is 2.20. The van der Waals surface area contributed by atoms with Crippen LogP contribution in [-0.4, -0.2) is 16.2 Å². The van der Waals surface area contributed by atoms with E-state index in [0.29, 0.717) is 35.0 Å². The molecule has 0 bridgehead atoms. The number of carbonyl (C=O) groups is 1. The van der Waals surface area contributed by atoms with Gasteiger partial charge in [-0.25, -0.2) is 0 Å². The lowest BCUT2D eigenvalue weighted by molar-refractivity contribution is 0.102. The van der Waals surface area contributed by atoms with Gasteiger partial charge in [0.05, 0.1) is 5.69 Å². The molecule has 1 N–H and O–H groups in total. The summed E-state index contributed by atoms with van der Waals surface area (Å²) in [6.07, 6.45) is 0.637. The Bertz CT molecular complexity index is 542. The van der Waals surface area contributed by atoms with Crippen LogP contribution in [0.4, 0.5) is 5.82 Å². The van der Waals surface area contributed by atoms with Crippen molar-refractivity contribution in [1.82, 2.24) is 10.3 Å². The first-order valence-corrected chi connectivity index (χ1v) is 5.31. The number of nitrogens with zero attached hydrogens (tertiary/aromatic N) is 2. The quantitative estimate of drug-likeness (QED) is 0.880. The van der Waals surface area contributed by atoms with Gasteiger partial charge in [-0.05, 0) is 20.3 Å². The smallest absolute Gasteiger partial charge is 0.262 e. The molecule has 1 amide bonds. The minimum absolute atomic E-state index is 0.283. The summed E-state index contributed by atoms with van der Waals surface area (Å²) in [6.45, 7) is 5.37. The molecule has 0 saturated heterocycles. The molecule has 2 rings (SSSR count). The van der Waals surface area contributed by atoms with E-state index < -0.39 is 0 Å². The molecule has 6 nitrogen and oxygen atoms in total. The van der Waals surface area contributed by atoms with E-state index in [1.165, 1.54) is 0 Å². The van der Waals surface area contributed by atoms with E-state index >= 15 is 0 Å². The van der Waals surface area contributed by atoms with Crippen LogP contribution >= 0.6 is 0 Å². The molecule has 2 heterocycles.